The van der Waals surface area contributed by atoms with Crippen LogP contribution in [0.3, 0.4) is 0 Å². The van der Waals surface area contributed by atoms with Crippen LogP contribution < -0.4 is 5.73 Å². The number of carbonyl (C=O) groups is 3. The Morgan fingerprint density at radius 3 is 2.46 bits per heavy atom. The lowest BCUT2D eigenvalue weighted by molar-refractivity contribution is -0.118. The second-order valence-electron chi connectivity index (χ2n) is 6.23. The van der Waals surface area contributed by atoms with Crippen LogP contribution in [0.5, 0.6) is 0 Å². The molecule has 140 valence electrons. The van der Waals surface area contributed by atoms with Gasteiger partial charge in [0, 0.05) is 31.1 Å². The summed E-state index contributed by atoms with van der Waals surface area (Å²) in [5, 5.41) is 8.31. The molecule has 2 aromatic rings. The molecular weight excluding hydrogens is 354 g/mol. The van der Waals surface area contributed by atoms with E-state index in [1.165, 1.54) is 18.7 Å². The van der Waals surface area contributed by atoms with Crippen LogP contribution in [0.25, 0.3) is 0 Å². The molecule has 3 N–H and O–H groups in total. The summed E-state index contributed by atoms with van der Waals surface area (Å²) in [4.78, 5) is 38.5. The number of rotatable bonds is 8. The molecule has 0 fully saturated rings. The van der Waals surface area contributed by atoms with Crippen LogP contribution >= 0.6 is 11.8 Å². The van der Waals surface area contributed by atoms with Gasteiger partial charge in [-0.05, 0) is 33.3 Å². The highest BCUT2D eigenvalue weighted by Crippen LogP contribution is 2.27. The predicted octanol–water partition coefficient (Wildman–Crippen LogP) is 1.74. The Kier molecular flexibility index (Phi) is 6.01. The zero-order valence-electron chi connectivity index (χ0n) is 15.5. The first kappa shape index (κ1) is 19.9. The van der Waals surface area contributed by atoms with Crippen molar-refractivity contribution in [1.29, 1.82) is 0 Å². The van der Waals surface area contributed by atoms with Crippen LogP contribution in [0, 0.1) is 13.8 Å². The quantitative estimate of drug-likeness (QED) is 0.533. The van der Waals surface area contributed by atoms with E-state index in [2.05, 4.69) is 15.2 Å². The average molecular weight is 377 g/mol. The highest BCUT2D eigenvalue weighted by Gasteiger charge is 2.25. The van der Waals surface area contributed by atoms with Gasteiger partial charge in [0.25, 0.3) is 0 Å². The molecule has 0 saturated carbocycles. The van der Waals surface area contributed by atoms with Crippen molar-refractivity contribution in [3.05, 3.63) is 28.3 Å². The Balaban J connectivity index is 2.17. The van der Waals surface area contributed by atoms with Crippen LogP contribution in [0.15, 0.2) is 5.16 Å². The fourth-order valence-corrected chi connectivity index (χ4v) is 3.73. The summed E-state index contributed by atoms with van der Waals surface area (Å²) in [5.74, 6) is 0.0640. The third-order valence-electron chi connectivity index (χ3n) is 4.21. The number of nitrogens with zero attached hydrogens (tertiary/aromatic N) is 3. The van der Waals surface area contributed by atoms with Crippen molar-refractivity contribution in [3.8, 4) is 0 Å². The first-order chi connectivity index (χ1) is 12.1. The number of H-pyrrole nitrogens is 1. The fraction of sp³-hybridized carbons (Fsp3) is 0.471. The van der Waals surface area contributed by atoms with Crippen LogP contribution in [-0.4, -0.2) is 42.5 Å². The van der Waals surface area contributed by atoms with Gasteiger partial charge < -0.3 is 15.3 Å². The number of nitrogens with one attached hydrogen (secondary N) is 1. The second-order valence-corrected chi connectivity index (χ2v) is 7.54. The lowest BCUT2D eigenvalue weighted by Gasteiger charge is -2.10. The Bertz CT molecular complexity index is 868. The number of ketones is 2. The number of nitrogens with two attached hydrogens (primary N) is 1. The van der Waals surface area contributed by atoms with E-state index in [4.69, 9.17) is 5.73 Å². The summed E-state index contributed by atoms with van der Waals surface area (Å²) >= 11 is 1.28. The molecule has 2 rings (SSSR count). The molecule has 1 amide bonds. The maximum atomic E-state index is 12.8. The zero-order valence-corrected chi connectivity index (χ0v) is 16.4. The number of primary amides is 1. The minimum Gasteiger partial charge on any atom is -0.370 e. The van der Waals surface area contributed by atoms with Gasteiger partial charge in [-0.15, -0.1) is 10.2 Å². The maximum Gasteiger partial charge on any atom is 0.217 e. The summed E-state index contributed by atoms with van der Waals surface area (Å²) in [7, 11) is 1.79. The molecule has 0 aliphatic carbocycles. The van der Waals surface area contributed by atoms with Crippen molar-refractivity contribution in [1.82, 2.24) is 19.7 Å². The summed E-state index contributed by atoms with van der Waals surface area (Å²) in [6.07, 6.45) is 0.596. The lowest BCUT2D eigenvalue weighted by atomic mass is 10.0. The Labute approximate surface area is 155 Å². The molecular formula is C17H23N5O3S. The second kappa shape index (κ2) is 7.86. The highest BCUT2D eigenvalue weighted by atomic mass is 32.2. The van der Waals surface area contributed by atoms with E-state index in [9.17, 15) is 14.4 Å². The molecule has 0 aromatic carbocycles. The van der Waals surface area contributed by atoms with Crippen LogP contribution in [0.2, 0.25) is 0 Å². The number of carbonyl (C=O) groups excluding carboxylic acids is 3. The first-order valence-electron chi connectivity index (χ1n) is 8.21. The largest absolute Gasteiger partial charge is 0.370 e. The van der Waals surface area contributed by atoms with Crippen molar-refractivity contribution in [2.24, 2.45) is 12.8 Å². The molecule has 0 aliphatic rings. The highest BCUT2D eigenvalue weighted by molar-refractivity contribution is 8.00. The average Bonchev–Trinajstić information content (AvgIpc) is 3.04. The molecule has 2 heterocycles. The molecule has 0 spiro atoms. The summed E-state index contributed by atoms with van der Waals surface area (Å²) in [6, 6.07) is 0. The fourth-order valence-electron chi connectivity index (χ4n) is 2.84. The van der Waals surface area contributed by atoms with Gasteiger partial charge in [0.1, 0.15) is 5.82 Å². The monoisotopic (exact) mass is 377 g/mol. The van der Waals surface area contributed by atoms with E-state index in [-0.39, 0.29) is 18.0 Å². The van der Waals surface area contributed by atoms with Crippen molar-refractivity contribution in [3.63, 3.8) is 0 Å². The maximum absolute atomic E-state index is 12.8. The minimum absolute atomic E-state index is 0.0667. The molecule has 0 radical (unpaired) electrons. The molecule has 0 saturated heterocycles. The number of aromatic nitrogens is 4. The van der Waals surface area contributed by atoms with Gasteiger partial charge in [-0.1, -0.05) is 11.8 Å². The Morgan fingerprint density at radius 1 is 1.27 bits per heavy atom. The van der Waals surface area contributed by atoms with E-state index < -0.39 is 11.2 Å². The van der Waals surface area contributed by atoms with Gasteiger partial charge in [-0.3, -0.25) is 14.4 Å². The van der Waals surface area contributed by atoms with Crippen molar-refractivity contribution in [2.45, 2.75) is 50.9 Å². The Hall–Kier alpha value is -2.42. The number of hydrogen-bond donors (Lipinski definition) is 2. The smallest absolute Gasteiger partial charge is 0.217 e. The van der Waals surface area contributed by atoms with E-state index in [0.717, 1.165) is 0 Å². The van der Waals surface area contributed by atoms with Crippen LogP contribution in [0.1, 0.15) is 58.2 Å². The number of hydrogen-bond acceptors (Lipinski definition) is 6. The third-order valence-corrected chi connectivity index (χ3v) is 5.34. The normalized spacial score (nSPS) is 12.2. The number of aromatic amines is 1. The number of aryl methyl sites for hydroxylation is 2. The molecule has 0 unspecified atom stereocenters. The lowest BCUT2D eigenvalue weighted by Crippen LogP contribution is -2.16. The summed E-state index contributed by atoms with van der Waals surface area (Å²) in [6.45, 7) is 6.83. The standard InChI is InChI=1S/C17H23N5O3S/c1-8-14(10(3)23)9(2)19-15(8)16(25)11(4)26-17-21-20-13(22(17)5)7-6-12(18)24/h11,19H,6-7H2,1-5H3,(H2,18,24)/t11-/m0/s1. The van der Waals surface area contributed by atoms with Gasteiger partial charge in [-0.25, -0.2) is 0 Å². The topological polar surface area (TPSA) is 124 Å². The van der Waals surface area contributed by atoms with Crippen molar-refractivity contribution >= 4 is 29.2 Å². The first-order valence-corrected chi connectivity index (χ1v) is 9.09. The third kappa shape index (κ3) is 4.04. The molecule has 0 aliphatic heterocycles. The van der Waals surface area contributed by atoms with Gasteiger partial charge >= 0.3 is 0 Å². The summed E-state index contributed by atoms with van der Waals surface area (Å²) < 4.78 is 1.76. The molecule has 9 heteroatoms. The van der Waals surface area contributed by atoms with Gasteiger partial charge in [-0.2, -0.15) is 0 Å². The molecule has 0 bridgehead atoms. The number of Topliss-reactive ketones (excluding diaryl/α,β-unsaturated/α-hetero) is 2. The molecule has 8 nitrogen and oxygen atoms in total. The van der Waals surface area contributed by atoms with Gasteiger partial charge in [0.05, 0.1) is 10.9 Å². The van der Waals surface area contributed by atoms with E-state index in [1.807, 2.05) is 0 Å². The Morgan fingerprint density at radius 2 is 1.92 bits per heavy atom. The van der Waals surface area contributed by atoms with E-state index >= 15 is 0 Å². The van der Waals surface area contributed by atoms with Crippen molar-refractivity contribution < 1.29 is 14.4 Å². The van der Waals surface area contributed by atoms with E-state index in [1.54, 1.807) is 32.4 Å². The number of amides is 1. The summed E-state index contributed by atoms with van der Waals surface area (Å²) in [5.41, 5.74) is 7.54. The van der Waals surface area contributed by atoms with Crippen LogP contribution in [0.4, 0.5) is 0 Å². The molecule has 26 heavy (non-hydrogen) atoms. The van der Waals surface area contributed by atoms with Crippen molar-refractivity contribution in [2.75, 3.05) is 0 Å². The minimum atomic E-state index is -0.418. The SMILES string of the molecule is CC(=O)c1c(C)[nH]c(C(=O)[C@H](C)Sc2nnc(CCC(N)=O)n2C)c1C. The molecule has 2 aromatic heterocycles. The van der Waals surface area contributed by atoms with Gasteiger partial charge in [0.15, 0.2) is 16.7 Å². The van der Waals surface area contributed by atoms with Crippen LogP contribution in [-0.2, 0) is 18.3 Å². The van der Waals surface area contributed by atoms with E-state index in [0.29, 0.717) is 39.9 Å². The molecule has 1 atom stereocenters. The number of thioether (sulfide) groups is 1. The zero-order chi connectivity index (χ0) is 19.6. The van der Waals surface area contributed by atoms with Gasteiger partial charge in [0.2, 0.25) is 5.91 Å². The predicted molar refractivity (Wildman–Crippen MR) is 98.4 cm³/mol.